The van der Waals surface area contributed by atoms with E-state index in [9.17, 15) is 9.59 Å². The molecule has 0 spiro atoms. The van der Waals surface area contributed by atoms with Gasteiger partial charge in [-0.05, 0) is 18.4 Å². The molecular formula is C19H25N3O2S. The number of thiazole rings is 1. The van der Waals surface area contributed by atoms with Crippen LogP contribution in [0.2, 0.25) is 0 Å². The van der Waals surface area contributed by atoms with Crippen LogP contribution in [-0.4, -0.2) is 22.8 Å². The van der Waals surface area contributed by atoms with Gasteiger partial charge in [-0.25, -0.2) is 4.98 Å². The fourth-order valence-electron chi connectivity index (χ4n) is 2.63. The lowest BCUT2D eigenvalue weighted by Gasteiger charge is -2.21. The fourth-order valence-corrected chi connectivity index (χ4v) is 3.19. The normalized spacial score (nSPS) is 12.0. The Hall–Kier alpha value is -2.21. The zero-order valence-corrected chi connectivity index (χ0v) is 15.5. The molecule has 0 aliphatic rings. The van der Waals surface area contributed by atoms with Gasteiger partial charge in [0.25, 0.3) is 0 Å². The van der Waals surface area contributed by atoms with Crippen LogP contribution in [-0.2, 0) is 22.6 Å². The first-order valence-corrected chi connectivity index (χ1v) is 9.57. The number of carbonyl (C=O) groups excluding carboxylic acids is 2. The predicted octanol–water partition coefficient (Wildman–Crippen LogP) is 2.92. The highest BCUT2D eigenvalue weighted by molar-refractivity contribution is 7.07. The molecule has 0 radical (unpaired) electrons. The summed E-state index contributed by atoms with van der Waals surface area (Å²) >= 11 is 1.49. The highest BCUT2D eigenvalue weighted by Gasteiger charge is 2.24. The van der Waals surface area contributed by atoms with Gasteiger partial charge in [-0.15, -0.1) is 11.3 Å². The van der Waals surface area contributed by atoms with Gasteiger partial charge in [-0.1, -0.05) is 44.2 Å². The number of hydrogen-bond donors (Lipinski definition) is 2. The Morgan fingerprint density at radius 1 is 1.12 bits per heavy atom. The van der Waals surface area contributed by atoms with E-state index in [1.165, 1.54) is 11.3 Å². The van der Waals surface area contributed by atoms with Gasteiger partial charge in [-0.2, -0.15) is 0 Å². The molecule has 2 aromatic rings. The predicted molar refractivity (Wildman–Crippen MR) is 100 cm³/mol. The van der Waals surface area contributed by atoms with Crippen molar-refractivity contribution in [2.45, 2.75) is 45.7 Å². The molecule has 1 aromatic heterocycles. The average Bonchev–Trinajstić information content (AvgIpc) is 3.14. The standard InChI is InChI=1S/C19H25N3O2S/c1-3-15(4-2)18(23)22-17(10-14-8-6-5-7-9-14)19(24)20-11-16-12-25-13-21-16/h5-9,12-13,15,17H,3-4,10-11H2,1-2H3,(H,20,24)(H,22,23)/t17-/m1/s1. The Bertz CT molecular complexity index is 655. The second kappa shape index (κ2) is 9.93. The largest absolute Gasteiger partial charge is 0.349 e. The van der Waals surface area contributed by atoms with E-state index in [1.807, 2.05) is 49.6 Å². The lowest BCUT2D eigenvalue weighted by Crippen LogP contribution is -2.49. The summed E-state index contributed by atoms with van der Waals surface area (Å²) in [6.45, 7) is 4.35. The van der Waals surface area contributed by atoms with Crippen molar-refractivity contribution in [3.05, 3.63) is 52.5 Å². The Labute approximate surface area is 152 Å². The van der Waals surface area contributed by atoms with Crippen LogP contribution < -0.4 is 10.6 Å². The van der Waals surface area contributed by atoms with E-state index in [4.69, 9.17) is 0 Å². The molecule has 0 saturated heterocycles. The van der Waals surface area contributed by atoms with Crippen LogP contribution in [0.5, 0.6) is 0 Å². The Morgan fingerprint density at radius 2 is 1.84 bits per heavy atom. The molecule has 0 unspecified atom stereocenters. The van der Waals surface area contributed by atoms with E-state index in [0.29, 0.717) is 13.0 Å². The van der Waals surface area contributed by atoms with Crippen LogP contribution >= 0.6 is 11.3 Å². The van der Waals surface area contributed by atoms with Crippen molar-refractivity contribution >= 4 is 23.2 Å². The van der Waals surface area contributed by atoms with E-state index in [2.05, 4.69) is 15.6 Å². The number of rotatable bonds is 9. The molecule has 25 heavy (non-hydrogen) atoms. The summed E-state index contributed by atoms with van der Waals surface area (Å²) in [5.41, 5.74) is 3.57. The average molecular weight is 359 g/mol. The van der Waals surface area contributed by atoms with Crippen molar-refractivity contribution in [2.24, 2.45) is 5.92 Å². The SMILES string of the molecule is CCC(CC)C(=O)N[C@H](Cc1ccccc1)C(=O)NCc1cscn1. The molecule has 0 fully saturated rings. The van der Waals surface area contributed by atoms with Crippen molar-refractivity contribution < 1.29 is 9.59 Å². The first-order valence-electron chi connectivity index (χ1n) is 8.63. The summed E-state index contributed by atoms with van der Waals surface area (Å²) < 4.78 is 0. The van der Waals surface area contributed by atoms with Gasteiger partial charge in [0.2, 0.25) is 11.8 Å². The number of nitrogens with zero attached hydrogens (tertiary/aromatic N) is 1. The quantitative estimate of drug-likeness (QED) is 0.723. The number of nitrogens with one attached hydrogen (secondary N) is 2. The summed E-state index contributed by atoms with van der Waals surface area (Å²) in [6.07, 6.45) is 2.00. The highest BCUT2D eigenvalue weighted by atomic mass is 32.1. The zero-order valence-electron chi connectivity index (χ0n) is 14.7. The van der Waals surface area contributed by atoms with E-state index in [1.54, 1.807) is 5.51 Å². The number of amides is 2. The van der Waals surface area contributed by atoms with Crippen LogP contribution in [0.25, 0.3) is 0 Å². The monoisotopic (exact) mass is 359 g/mol. The molecule has 0 saturated carbocycles. The van der Waals surface area contributed by atoms with E-state index in [-0.39, 0.29) is 17.7 Å². The molecule has 6 heteroatoms. The zero-order chi connectivity index (χ0) is 18.1. The minimum atomic E-state index is -0.589. The first-order chi connectivity index (χ1) is 12.1. The van der Waals surface area contributed by atoms with E-state index >= 15 is 0 Å². The first kappa shape index (κ1) is 19.1. The molecule has 1 atom stereocenters. The minimum Gasteiger partial charge on any atom is -0.349 e. The second-order valence-electron chi connectivity index (χ2n) is 5.96. The molecule has 5 nitrogen and oxygen atoms in total. The Balaban J connectivity index is 2.04. The lowest BCUT2D eigenvalue weighted by atomic mass is 10.00. The number of aromatic nitrogens is 1. The Kier molecular flexibility index (Phi) is 7.60. The van der Waals surface area contributed by atoms with Crippen molar-refractivity contribution in [3.63, 3.8) is 0 Å². The maximum absolute atomic E-state index is 12.6. The summed E-state index contributed by atoms with van der Waals surface area (Å²) in [6, 6.07) is 9.14. The third-order valence-corrected chi connectivity index (χ3v) is 4.83. The van der Waals surface area contributed by atoms with Crippen molar-refractivity contribution in [3.8, 4) is 0 Å². The topological polar surface area (TPSA) is 71.1 Å². The molecule has 1 aromatic carbocycles. The van der Waals surface area contributed by atoms with Gasteiger partial charge >= 0.3 is 0 Å². The van der Waals surface area contributed by atoms with E-state index < -0.39 is 6.04 Å². The van der Waals surface area contributed by atoms with Gasteiger partial charge < -0.3 is 10.6 Å². The molecule has 0 bridgehead atoms. The maximum Gasteiger partial charge on any atom is 0.243 e. The molecule has 0 aliphatic heterocycles. The van der Waals surface area contributed by atoms with Crippen molar-refractivity contribution in [2.75, 3.05) is 0 Å². The van der Waals surface area contributed by atoms with Gasteiger partial charge in [0, 0.05) is 17.7 Å². The summed E-state index contributed by atoms with van der Waals surface area (Å²) in [4.78, 5) is 29.2. The number of hydrogen-bond acceptors (Lipinski definition) is 4. The van der Waals surface area contributed by atoms with Gasteiger partial charge in [-0.3, -0.25) is 9.59 Å². The van der Waals surface area contributed by atoms with Gasteiger partial charge in [0.05, 0.1) is 17.7 Å². The minimum absolute atomic E-state index is 0.0604. The van der Waals surface area contributed by atoms with Crippen LogP contribution in [0.3, 0.4) is 0 Å². The molecule has 2 N–H and O–H groups in total. The number of benzene rings is 1. The van der Waals surface area contributed by atoms with Crippen LogP contribution in [0, 0.1) is 5.92 Å². The molecule has 2 rings (SSSR count). The van der Waals surface area contributed by atoms with Gasteiger partial charge in [0.15, 0.2) is 0 Å². The van der Waals surface area contributed by atoms with Crippen molar-refractivity contribution in [1.29, 1.82) is 0 Å². The smallest absolute Gasteiger partial charge is 0.243 e. The second-order valence-corrected chi connectivity index (χ2v) is 6.68. The van der Waals surface area contributed by atoms with Crippen LogP contribution in [0.1, 0.15) is 37.9 Å². The third-order valence-electron chi connectivity index (χ3n) is 4.20. The van der Waals surface area contributed by atoms with Crippen LogP contribution in [0.15, 0.2) is 41.2 Å². The molecule has 1 heterocycles. The number of carbonyl (C=O) groups is 2. The summed E-state index contributed by atoms with van der Waals surface area (Å²) in [5.74, 6) is -0.310. The Morgan fingerprint density at radius 3 is 2.44 bits per heavy atom. The third kappa shape index (κ3) is 5.98. The summed E-state index contributed by atoms with van der Waals surface area (Å²) in [5, 5.41) is 7.70. The molecule has 0 aliphatic carbocycles. The molecule has 134 valence electrons. The molecule has 2 amide bonds. The fraction of sp³-hybridized carbons (Fsp3) is 0.421. The summed E-state index contributed by atoms with van der Waals surface area (Å²) in [7, 11) is 0. The highest BCUT2D eigenvalue weighted by Crippen LogP contribution is 2.10. The van der Waals surface area contributed by atoms with Crippen LogP contribution in [0.4, 0.5) is 0 Å². The molecular weight excluding hydrogens is 334 g/mol. The van der Waals surface area contributed by atoms with Crippen molar-refractivity contribution in [1.82, 2.24) is 15.6 Å². The maximum atomic E-state index is 12.6. The van der Waals surface area contributed by atoms with Gasteiger partial charge in [0.1, 0.15) is 6.04 Å². The lowest BCUT2D eigenvalue weighted by molar-refractivity contribution is -0.131. The van der Waals surface area contributed by atoms with E-state index in [0.717, 1.165) is 24.1 Å².